The molecule has 4 heteroatoms. The van der Waals surface area contributed by atoms with E-state index in [0.717, 1.165) is 22.8 Å². The maximum atomic E-state index is 12.0. The summed E-state index contributed by atoms with van der Waals surface area (Å²) in [5.41, 5.74) is 7.11. The Hall–Kier alpha value is -2.36. The first-order valence-electron chi connectivity index (χ1n) is 5.87. The van der Waals surface area contributed by atoms with E-state index in [1.807, 2.05) is 31.3 Å². The number of rotatable bonds is 1. The van der Waals surface area contributed by atoms with Crippen molar-refractivity contribution in [1.82, 2.24) is 0 Å². The molecule has 0 saturated carbocycles. The number of H-pyrrole nitrogens is 1. The van der Waals surface area contributed by atoms with E-state index in [1.54, 1.807) is 6.07 Å². The number of pyridine rings is 1. The quantitative estimate of drug-likeness (QED) is 0.522. The Morgan fingerprint density at radius 2 is 2.06 bits per heavy atom. The molecule has 4 nitrogen and oxygen atoms in total. The van der Waals surface area contributed by atoms with E-state index in [4.69, 9.17) is 10.2 Å². The highest BCUT2D eigenvalue weighted by atomic mass is 16.4. The first-order valence-corrected chi connectivity index (χ1v) is 5.87. The lowest BCUT2D eigenvalue weighted by Gasteiger charge is -2.05. The molecule has 2 aromatic heterocycles. The van der Waals surface area contributed by atoms with Crippen LogP contribution in [0.1, 0.15) is 12.5 Å². The van der Waals surface area contributed by atoms with E-state index in [-0.39, 0.29) is 0 Å². The molecule has 3 aromatic rings. The number of fused-ring (bicyclic) bond motifs is 3. The van der Waals surface area contributed by atoms with Crippen LogP contribution in [0.3, 0.4) is 0 Å². The summed E-state index contributed by atoms with van der Waals surface area (Å²) < 4.78 is 5.30. The number of hydrogen-bond donors (Lipinski definition) is 1. The molecule has 3 N–H and O–H groups in total. The number of aromatic amines is 1. The van der Waals surface area contributed by atoms with Gasteiger partial charge in [-0.2, -0.15) is 0 Å². The van der Waals surface area contributed by atoms with Crippen LogP contribution in [0.5, 0.6) is 0 Å². The van der Waals surface area contributed by atoms with Gasteiger partial charge in [0.05, 0.1) is 6.20 Å². The van der Waals surface area contributed by atoms with Crippen molar-refractivity contribution < 1.29 is 9.40 Å². The first kappa shape index (κ1) is 10.8. The minimum atomic E-state index is -0.396. The maximum Gasteiger partial charge on any atom is 0.352 e. The Balaban J connectivity index is 2.70. The predicted octanol–water partition coefficient (Wildman–Crippen LogP) is 1.90. The van der Waals surface area contributed by atoms with Gasteiger partial charge in [0.25, 0.3) is 5.82 Å². The summed E-state index contributed by atoms with van der Waals surface area (Å²) in [7, 11) is 0. The summed E-state index contributed by atoms with van der Waals surface area (Å²) in [4.78, 5) is 14.9. The molecule has 0 aliphatic heterocycles. The Morgan fingerprint density at radius 3 is 2.83 bits per heavy atom. The number of benzene rings is 1. The number of nitrogens with two attached hydrogens (primary N) is 1. The van der Waals surface area contributed by atoms with E-state index < -0.39 is 5.63 Å². The molecule has 0 radical (unpaired) electrons. The minimum Gasteiger partial charge on any atom is -0.422 e. The molecule has 0 aliphatic carbocycles. The van der Waals surface area contributed by atoms with Gasteiger partial charge in [-0.15, -0.1) is 0 Å². The summed E-state index contributed by atoms with van der Waals surface area (Å²) in [5.74, 6) is 0.349. The van der Waals surface area contributed by atoms with Gasteiger partial charge in [-0.1, -0.05) is 25.1 Å². The molecule has 0 spiro atoms. The van der Waals surface area contributed by atoms with Gasteiger partial charge in [-0.25, -0.2) is 9.78 Å². The van der Waals surface area contributed by atoms with Gasteiger partial charge < -0.3 is 4.42 Å². The Labute approximate surface area is 103 Å². The number of hydrogen-bond acceptors (Lipinski definition) is 3. The zero-order valence-electron chi connectivity index (χ0n) is 9.99. The molecule has 2 heterocycles. The lowest BCUT2D eigenvalue weighted by molar-refractivity contribution is -0.359. The van der Waals surface area contributed by atoms with Gasteiger partial charge in [0.2, 0.25) is 0 Å². The minimum absolute atomic E-state index is 0.349. The lowest BCUT2D eigenvalue weighted by Crippen LogP contribution is -2.16. The van der Waals surface area contributed by atoms with Gasteiger partial charge in [-0.3, -0.25) is 5.73 Å². The molecule has 0 bridgehead atoms. The third-order valence-electron chi connectivity index (χ3n) is 3.19. The van der Waals surface area contributed by atoms with Crippen molar-refractivity contribution in [2.45, 2.75) is 13.3 Å². The normalized spacial score (nSPS) is 11.2. The average Bonchev–Trinajstić information content (AvgIpc) is 2.39. The van der Waals surface area contributed by atoms with Gasteiger partial charge in [0, 0.05) is 10.8 Å². The second kappa shape index (κ2) is 3.84. The number of aromatic nitrogens is 1. The topological polar surface area (TPSA) is 70.4 Å². The van der Waals surface area contributed by atoms with Gasteiger partial charge >= 0.3 is 5.63 Å². The van der Waals surface area contributed by atoms with Crippen molar-refractivity contribution in [3.63, 3.8) is 0 Å². The van der Waals surface area contributed by atoms with Crippen LogP contribution in [0, 0.1) is 0 Å². The molecule has 90 valence electrons. The van der Waals surface area contributed by atoms with Gasteiger partial charge in [0.15, 0.2) is 5.39 Å². The monoisotopic (exact) mass is 241 g/mol. The van der Waals surface area contributed by atoms with Crippen molar-refractivity contribution in [3.05, 3.63) is 46.4 Å². The first-order chi connectivity index (χ1) is 8.72. The standard InChI is InChI=1S/C14H12N2O2/c1-2-8-7-16-13(15)12-11(8)9-5-3-4-6-10(9)18-14(12)17/h3-7H,2H2,1H3,(H2,15,16)/p+1. The zero-order chi connectivity index (χ0) is 12.7. The largest absolute Gasteiger partial charge is 0.422 e. The number of anilines is 1. The molecule has 0 atom stereocenters. The van der Waals surface area contributed by atoms with Crippen LogP contribution in [-0.2, 0) is 6.42 Å². The fourth-order valence-corrected chi connectivity index (χ4v) is 2.32. The second-order valence-corrected chi connectivity index (χ2v) is 4.22. The molecular weight excluding hydrogens is 228 g/mol. The Kier molecular flexibility index (Phi) is 2.30. The molecule has 3 rings (SSSR count). The van der Waals surface area contributed by atoms with Crippen LogP contribution in [0.15, 0.2) is 39.7 Å². The highest BCUT2D eigenvalue weighted by Crippen LogP contribution is 2.26. The molecule has 0 fully saturated rings. The molecule has 0 aliphatic rings. The van der Waals surface area contributed by atoms with Gasteiger partial charge in [-0.05, 0) is 18.1 Å². The van der Waals surface area contributed by atoms with Crippen LogP contribution in [0.25, 0.3) is 21.7 Å². The molecular formula is C14H13N2O2+. The van der Waals surface area contributed by atoms with Crippen LogP contribution in [-0.4, -0.2) is 0 Å². The summed E-state index contributed by atoms with van der Waals surface area (Å²) in [6.45, 7) is 2.04. The van der Waals surface area contributed by atoms with Crippen molar-refractivity contribution in [3.8, 4) is 0 Å². The van der Waals surface area contributed by atoms with Crippen LogP contribution < -0.4 is 16.3 Å². The lowest BCUT2D eigenvalue weighted by atomic mass is 10.0. The molecule has 18 heavy (non-hydrogen) atoms. The van der Waals surface area contributed by atoms with E-state index in [9.17, 15) is 4.79 Å². The molecule has 0 unspecified atom stereocenters. The number of para-hydroxylation sites is 1. The SMILES string of the molecule is CCc1c[nH+]c(N)c2c(=O)oc3ccccc3c12. The van der Waals surface area contributed by atoms with E-state index in [1.165, 1.54) is 0 Å². The van der Waals surface area contributed by atoms with E-state index >= 15 is 0 Å². The maximum absolute atomic E-state index is 12.0. The number of nitrogen functional groups attached to an aromatic ring is 1. The Morgan fingerprint density at radius 1 is 1.28 bits per heavy atom. The number of nitrogens with one attached hydrogen (secondary N) is 1. The molecule has 0 saturated heterocycles. The van der Waals surface area contributed by atoms with Crippen LogP contribution in [0.2, 0.25) is 0 Å². The Bertz CT molecular complexity index is 806. The second-order valence-electron chi connectivity index (χ2n) is 4.22. The van der Waals surface area contributed by atoms with Crippen molar-refractivity contribution in [2.75, 3.05) is 5.73 Å². The fourth-order valence-electron chi connectivity index (χ4n) is 2.32. The smallest absolute Gasteiger partial charge is 0.352 e. The van der Waals surface area contributed by atoms with Crippen LogP contribution in [0.4, 0.5) is 5.82 Å². The third-order valence-corrected chi connectivity index (χ3v) is 3.19. The van der Waals surface area contributed by atoms with Crippen molar-refractivity contribution in [2.24, 2.45) is 0 Å². The van der Waals surface area contributed by atoms with E-state index in [2.05, 4.69) is 4.98 Å². The predicted molar refractivity (Wildman–Crippen MR) is 70.3 cm³/mol. The molecule has 0 amide bonds. The third kappa shape index (κ3) is 1.39. The summed E-state index contributed by atoms with van der Waals surface area (Å²) >= 11 is 0. The summed E-state index contributed by atoms with van der Waals surface area (Å²) in [6, 6.07) is 7.51. The zero-order valence-corrected chi connectivity index (χ0v) is 9.99. The van der Waals surface area contributed by atoms with Crippen molar-refractivity contribution in [1.29, 1.82) is 0 Å². The summed E-state index contributed by atoms with van der Waals surface area (Å²) in [5, 5.41) is 2.25. The average molecular weight is 241 g/mol. The van der Waals surface area contributed by atoms with Crippen LogP contribution >= 0.6 is 0 Å². The van der Waals surface area contributed by atoms with E-state index in [0.29, 0.717) is 16.8 Å². The van der Waals surface area contributed by atoms with Crippen molar-refractivity contribution >= 4 is 27.6 Å². The summed E-state index contributed by atoms with van der Waals surface area (Å²) in [6.07, 6.45) is 2.67. The molecule has 1 aromatic carbocycles. The highest BCUT2D eigenvalue weighted by Gasteiger charge is 2.16. The highest BCUT2D eigenvalue weighted by molar-refractivity contribution is 6.08. The fraction of sp³-hybridized carbons (Fsp3) is 0.143. The number of aryl methyl sites for hydroxylation is 1. The van der Waals surface area contributed by atoms with Gasteiger partial charge in [0.1, 0.15) is 5.58 Å².